The largest absolute Gasteiger partial charge is 0.476 e. The Morgan fingerprint density at radius 3 is 2.75 bits per heavy atom. The minimum atomic E-state index is -3.97. The van der Waals surface area contributed by atoms with Crippen LogP contribution in [0.15, 0.2) is 10.3 Å². The summed E-state index contributed by atoms with van der Waals surface area (Å²) in [7, 11) is -3.97. The summed E-state index contributed by atoms with van der Waals surface area (Å²) in [5.74, 6) is -1.40. The molecule has 0 saturated carbocycles. The molecule has 8 nitrogen and oxygen atoms in total. The van der Waals surface area contributed by atoms with Crippen LogP contribution in [0.4, 0.5) is 0 Å². The molecule has 0 aliphatic rings. The molecular formula is C10H12N4O4S2. The molecule has 2 aromatic heterocycles. The van der Waals surface area contributed by atoms with E-state index >= 15 is 0 Å². The molecule has 0 amide bonds. The quantitative estimate of drug-likeness (QED) is 0.744. The monoisotopic (exact) mass is 316 g/mol. The van der Waals surface area contributed by atoms with Crippen LogP contribution in [0.2, 0.25) is 0 Å². The zero-order valence-electron chi connectivity index (χ0n) is 10.7. The molecular weight excluding hydrogens is 304 g/mol. The van der Waals surface area contributed by atoms with E-state index in [2.05, 4.69) is 19.9 Å². The van der Waals surface area contributed by atoms with Crippen LogP contribution in [0.25, 0.3) is 0 Å². The van der Waals surface area contributed by atoms with Crippen LogP contribution >= 0.6 is 11.3 Å². The molecule has 0 atom stereocenters. The molecule has 108 valence electrons. The Balaban J connectivity index is 2.27. The highest BCUT2D eigenvalue weighted by Crippen LogP contribution is 2.18. The Labute approximate surface area is 118 Å². The van der Waals surface area contributed by atoms with Crippen molar-refractivity contribution >= 4 is 27.3 Å². The Morgan fingerprint density at radius 1 is 1.50 bits per heavy atom. The van der Waals surface area contributed by atoms with Crippen molar-refractivity contribution in [3.05, 3.63) is 27.5 Å². The minimum absolute atomic E-state index is 0.00362. The maximum absolute atomic E-state index is 12.2. The van der Waals surface area contributed by atoms with E-state index in [0.29, 0.717) is 5.69 Å². The molecule has 2 rings (SSSR count). The van der Waals surface area contributed by atoms with Crippen LogP contribution < -0.4 is 4.72 Å². The molecule has 0 aromatic carbocycles. The standard InChI is InChI=1S/C10H12N4O4S2/c1-5-9(8(10(15)16)14-13-5)20(17,18)11-3-7-4-19-6(2)12-7/h4,11H,3H2,1-2H3,(H,13,14)(H,15,16). The fourth-order valence-corrected chi connectivity index (χ4v) is 3.55. The van der Waals surface area contributed by atoms with Crippen molar-refractivity contribution in [3.63, 3.8) is 0 Å². The zero-order valence-corrected chi connectivity index (χ0v) is 12.3. The number of hydrogen-bond acceptors (Lipinski definition) is 6. The number of thiazole rings is 1. The first-order valence-electron chi connectivity index (χ1n) is 5.50. The summed E-state index contributed by atoms with van der Waals surface area (Å²) in [5, 5.41) is 17.4. The van der Waals surface area contributed by atoms with Gasteiger partial charge in [-0.25, -0.2) is 22.9 Å². The van der Waals surface area contributed by atoms with Crippen LogP contribution in [0, 0.1) is 13.8 Å². The Morgan fingerprint density at radius 2 is 2.20 bits per heavy atom. The molecule has 2 aromatic rings. The van der Waals surface area contributed by atoms with Crippen molar-refractivity contribution in [1.29, 1.82) is 0 Å². The Kier molecular flexibility index (Phi) is 3.88. The fraction of sp³-hybridized carbons (Fsp3) is 0.300. The number of aromatic carboxylic acids is 1. The topological polar surface area (TPSA) is 125 Å². The molecule has 0 radical (unpaired) electrons. The number of rotatable bonds is 5. The normalized spacial score (nSPS) is 11.7. The Hall–Kier alpha value is -1.78. The van der Waals surface area contributed by atoms with E-state index in [-0.39, 0.29) is 17.1 Å². The zero-order chi connectivity index (χ0) is 14.9. The number of nitrogens with zero attached hydrogens (tertiary/aromatic N) is 2. The van der Waals surface area contributed by atoms with Gasteiger partial charge in [-0.1, -0.05) is 0 Å². The predicted molar refractivity (Wildman–Crippen MR) is 71.2 cm³/mol. The van der Waals surface area contributed by atoms with Crippen molar-refractivity contribution in [1.82, 2.24) is 19.9 Å². The van der Waals surface area contributed by atoms with Crippen molar-refractivity contribution in [2.75, 3.05) is 0 Å². The first-order valence-corrected chi connectivity index (χ1v) is 7.86. The van der Waals surface area contributed by atoms with Gasteiger partial charge in [0.05, 0.1) is 22.9 Å². The van der Waals surface area contributed by atoms with Gasteiger partial charge in [-0.05, 0) is 13.8 Å². The number of nitrogens with one attached hydrogen (secondary N) is 2. The number of aryl methyl sites for hydroxylation is 2. The summed E-state index contributed by atoms with van der Waals surface area (Å²) in [5.41, 5.74) is 0.225. The molecule has 0 unspecified atom stereocenters. The van der Waals surface area contributed by atoms with Gasteiger partial charge < -0.3 is 5.11 Å². The predicted octanol–water partition coefficient (Wildman–Crippen LogP) is 0.660. The second kappa shape index (κ2) is 5.31. The van der Waals surface area contributed by atoms with Gasteiger partial charge in [0.2, 0.25) is 10.0 Å². The van der Waals surface area contributed by atoms with E-state index in [9.17, 15) is 13.2 Å². The van der Waals surface area contributed by atoms with Gasteiger partial charge in [-0.2, -0.15) is 5.10 Å². The number of carbonyl (C=O) groups is 1. The lowest BCUT2D eigenvalue weighted by atomic mass is 10.4. The van der Waals surface area contributed by atoms with Gasteiger partial charge in [0, 0.05) is 5.38 Å². The van der Waals surface area contributed by atoms with E-state index in [0.717, 1.165) is 5.01 Å². The third kappa shape index (κ3) is 2.86. The smallest absolute Gasteiger partial charge is 0.357 e. The molecule has 0 saturated heterocycles. The molecule has 10 heteroatoms. The summed E-state index contributed by atoms with van der Waals surface area (Å²) in [6.45, 7) is 3.25. The third-order valence-corrected chi connectivity index (χ3v) is 4.86. The molecule has 20 heavy (non-hydrogen) atoms. The highest BCUT2D eigenvalue weighted by atomic mass is 32.2. The Bertz CT molecular complexity index is 747. The van der Waals surface area contributed by atoms with Gasteiger partial charge >= 0.3 is 5.97 Å². The lowest BCUT2D eigenvalue weighted by Gasteiger charge is -2.05. The molecule has 0 bridgehead atoms. The van der Waals surface area contributed by atoms with Crippen molar-refractivity contribution in [2.24, 2.45) is 0 Å². The maximum atomic E-state index is 12.2. The molecule has 3 N–H and O–H groups in total. The fourth-order valence-electron chi connectivity index (χ4n) is 1.62. The lowest BCUT2D eigenvalue weighted by Crippen LogP contribution is -2.25. The third-order valence-electron chi connectivity index (χ3n) is 2.47. The van der Waals surface area contributed by atoms with Crippen LogP contribution in [0.3, 0.4) is 0 Å². The summed E-state index contributed by atoms with van der Waals surface area (Å²) < 4.78 is 26.6. The van der Waals surface area contributed by atoms with E-state index in [1.165, 1.54) is 18.3 Å². The van der Waals surface area contributed by atoms with E-state index in [1.807, 2.05) is 6.92 Å². The van der Waals surface area contributed by atoms with E-state index in [1.54, 1.807) is 5.38 Å². The van der Waals surface area contributed by atoms with Gasteiger partial charge in [0.1, 0.15) is 4.90 Å². The van der Waals surface area contributed by atoms with Crippen molar-refractivity contribution in [3.8, 4) is 0 Å². The number of aromatic amines is 1. The van der Waals surface area contributed by atoms with Gasteiger partial charge in [0.25, 0.3) is 0 Å². The summed E-state index contributed by atoms with van der Waals surface area (Å²) in [4.78, 5) is 14.8. The average Bonchev–Trinajstić information content (AvgIpc) is 2.93. The number of carboxylic acids is 1. The summed E-state index contributed by atoms with van der Waals surface area (Å²) >= 11 is 1.41. The second-order valence-electron chi connectivity index (χ2n) is 4.01. The van der Waals surface area contributed by atoms with E-state index in [4.69, 9.17) is 5.11 Å². The number of hydrogen-bond donors (Lipinski definition) is 3. The lowest BCUT2D eigenvalue weighted by molar-refractivity contribution is 0.0686. The molecule has 2 heterocycles. The molecule has 0 aliphatic heterocycles. The number of carboxylic acid groups (broad SMARTS) is 1. The highest BCUT2D eigenvalue weighted by molar-refractivity contribution is 7.89. The number of sulfonamides is 1. The highest BCUT2D eigenvalue weighted by Gasteiger charge is 2.28. The first kappa shape index (κ1) is 14.6. The van der Waals surface area contributed by atoms with Gasteiger partial charge in [-0.3, -0.25) is 5.10 Å². The average molecular weight is 316 g/mol. The number of aromatic nitrogens is 3. The summed E-state index contributed by atoms with van der Waals surface area (Å²) in [6, 6.07) is 0. The first-order chi connectivity index (χ1) is 9.31. The van der Waals surface area contributed by atoms with Crippen LogP contribution in [-0.2, 0) is 16.6 Å². The van der Waals surface area contributed by atoms with Crippen LogP contribution in [0.5, 0.6) is 0 Å². The van der Waals surface area contributed by atoms with Gasteiger partial charge in [0.15, 0.2) is 5.69 Å². The summed E-state index contributed by atoms with van der Waals surface area (Å²) in [6.07, 6.45) is 0. The van der Waals surface area contributed by atoms with Crippen molar-refractivity contribution < 1.29 is 18.3 Å². The maximum Gasteiger partial charge on any atom is 0.357 e. The van der Waals surface area contributed by atoms with Crippen LogP contribution in [0.1, 0.15) is 26.9 Å². The molecule has 0 fully saturated rings. The minimum Gasteiger partial charge on any atom is -0.476 e. The molecule has 0 spiro atoms. The second-order valence-corrected chi connectivity index (χ2v) is 6.78. The van der Waals surface area contributed by atoms with Gasteiger partial charge in [-0.15, -0.1) is 11.3 Å². The number of H-pyrrole nitrogens is 1. The van der Waals surface area contributed by atoms with E-state index < -0.39 is 21.7 Å². The molecule has 0 aliphatic carbocycles. The van der Waals surface area contributed by atoms with Crippen LogP contribution in [-0.4, -0.2) is 34.7 Å². The SMILES string of the molecule is Cc1nc(CNS(=O)(=O)c2c(C(=O)O)n[nH]c2C)cs1. The van der Waals surface area contributed by atoms with Crippen molar-refractivity contribution in [2.45, 2.75) is 25.3 Å².